The molecule has 1 N–H and O–H groups in total. The molecule has 0 bridgehead atoms. The first-order valence-corrected chi connectivity index (χ1v) is 9.50. The molecule has 0 aliphatic heterocycles. The van der Waals surface area contributed by atoms with Crippen molar-refractivity contribution in [3.8, 4) is 16.9 Å². The molecule has 0 radical (unpaired) electrons. The molecule has 0 saturated heterocycles. The molecular formula is C22H17F4N5O. The Kier molecular flexibility index (Phi) is 5.60. The lowest BCUT2D eigenvalue weighted by Gasteiger charge is -2.17. The molecule has 0 saturated carbocycles. The van der Waals surface area contributed by atoms with Crippen LogP contribution in [0.15, 0.2) is 55.1 Å². The average Bonchev–Trinajstić information content (AvgIpc) is 2.78. The molecule has 0 amide bonds. The molecule has 0 aliphatic rings. The average molecular weight is 443 g/mol. The highest BCUT2D eigenvalue weighted by Gasteiger charge is 2.34. The number of ether oxygens (including phenoxy) is 1. The van der Waals surface area contributed by atoms with Crippen LogP contribution in [0.4, 0.5) is 23.4 Å². The number of halogens is 4. The van der Waals surface area contributed by atoms with Gasteiger partial charge in [0, 0.05) is 23.3 Å². The minimum Gasteiger partial charge on any atom is -0.494 e. The Bertz CT molecular complexity index is 1240. The number of methoxy groups -OCH3 is 1. The van der Waals surface area contributed by atoms with Crippen LogP contribution in [0.2, 0.25) is 0 Å². The summed E-state index contributed by atoms with van der Waals surface area (Å²) in [6, 6.07) is 9.20. The number of anilines is 1. The second-order valence-corrected chi connectivity index (χ2v) is 7.01. The number of hydrogen-bond acceptors (Lipinski definition) is 6. The normalized spacial score (nSPS) is 12.6. The molecule has 4 aromatic rings. The van der Waals surface area contributed by atoms with E-state index >= 15 is 0 Å². The Balaban J connectivity index is 1.72. The van der Waals surface area contributed by atoms with Gasteiger partial charge in [0.25, 0.3) is 0 Å². The number of rotatable bonds is 5. The molecule has 0 aliphatic carbocycles. The van der Waals surface area contributed by atoms with E-state index in [4.69, 9.17) is 4.74 Å². The predicted molar refractivity (Wildman–Crippen MR) is 111 cm³/mol. The number of fused-ring (bicyclic) bond motifs is 1. The van der Waals surface area contributed by atoms with Crippen LogP contribution in [0, 0.1) is 5.82 Å². The molecular weight excluding hydrogens is 426 g/mol. The van der Waals surface area contributed by atoms with E-state index < -0.39 is 18.0 Å². The molecule has 0 fully saturated rings. The number of benzene rings is 2. The summed E-state index contributed by atoms with van der Waals surface area (Å²) in [4.78, 5) is 15.4. The zero-order chi connectivity index (χ0) is 22.9. The van der Waals surface area contributed by atoms with Gasteiger partial charge >= 0.3 is 6.18 Å². The van der Waals surface area contributed by atoms with Gasteiger partial charge in [-0.05, 0) is 42.3 Å². The van der Waals surface area contributed by atoms with Gasteiger partial charge in [0.05, 0.1) is 13.2 Å². The Hall–Kier alpha value is -3.82. The summed E-state index contributed by atoms with van der Waals surface area (Å²) in [7, 11) is 1.51. The Morgan fingerprint density at radius 2 is 1.62 bits per heavy atom. The third-order valence-electron chi connectivity index (χ3n) is 4.88. The standard InChI is InChI=1S/C22H17F4N5O/c1-12(15-9-27-21(28-10-15)22(24,25)26)31-20-17-7-14(13-3-5-16(23)6-4-13)8-18(32-2)19(17)29-11-30-20/h3-12H,1-2H3,(H,29,30,31). The van der Waals surface area contributed by atoms with Gasteiger partial charge < -0.3 is 10.1 Å². The summed E-state index contributed by atoms with van der Waals surface area (Å²) in [5.41, 5.74) is 2.53. The van der Waals surface area contributed by atoms with Crippen LogP contribution < -0.4 is 10.1 Å². The molecule has 10 heteroatoms. The van der Waals surface area contributed by atoms with Crippen molar-refractivity contribution in [3.63, 3.8) is 0 Å². The van der Waals surface area contributed by atoms with Crippen molar-refractivity contribution in [3.05, 3.63) is 72.3 Å². The van der Waals surface area contributed by atoms with Crippen LogP contribution in [-0.4, -0.2) is 27.0 Å². The van der Waals surface area contributed by atoms with E-state index in [1.54, 1.807) is 25.1 Å². The van der Waals surface area contributed by atoms with Crippen molar-refractivity contribution in [2.75, 3.05) is 12.4 Å². The third-order valence-corrected chi connectivity index (χ3v) is 4.88. The van der Waals surface area contributed by atoms with Crippen molar-refractivity contribution >= 4 is 16.7 Å². The van der Waals surface area contributed by atoms with Crippen LogP contribution in [0.1, 0.15) is 24.4 Å². The van der Waals surface area contributed by atoms with Crippen molar-refractivity contribution in [1.82, 2.24) is 19.9 Å². The molecule has 1 atom stereocenters. The summed E-state index contributed by atoms with van der Waals surface area (Å²) in [6.45, 7) is 1.75. The summed E-state index contributed by atoms with van der Waals surface area (Å²) >= 11 is 0. The van der Waals surface area contributed by atoms with Crippen molar-refractivity contribution < 1.29 is 22.3 Å². The third kappa shape index (κ3) is 4.29. The predicted octanol–water partition coefficient (Wildman–Crippen LogP) is 5.43. The van der Waals surface area contributed by atoms with E-state index in [0.29, 0.717) is 28.0 Å². The monoisotopic (exact) mass is 443 g/mol. The van der Waals surface area contributed by atoms with Gasteiger partial charge in [0.1, 0.15) is 29.2 Å². The smallest absolute Gasteiger partial charge is 0.451 e. The maximum Gasteiger partial charge on any atom is 0.451 e. The van der Waals surface area contributed by atoms with E-state index in [0.717, 1.165) is 23.5 Å². The maximum atomic E-state index is 13.3. The van der Waals surface area contributed by atoms with E-state index in [9.17, 15) is 17.6 Å². The summed E-state index contributed by atoms with van der Waals surface area (Å²) in [5.74, 6) is -0.600. The second kappa shape index (κ2) is 8.37. The van der Waals surface area contributed by atoms with Gasteiger partial charge in [-0.25, -0.2) is 24.3 Å². The Morgan fingerprint density at radius 1 is 0.938 bits per heavy atom. The van der Waals surface area contributed by atoms with E-state index in [2.05, 4.69) is 25.3 Å². The lowest BCUT2D eigenvalue weighted by atomic mass is 10.0. The van der Waals surface area contributed by atoms with Crippen molar-refractivity contribution in [2.24, 2.45) is 0 Å². The first-order chi connectivity index (χ1) is 15.3. The van der Waals surface area contributed by atoms with Gasteiger partial charge in [-0.3, -0.25) is 0 Å². The van der Waals surface area contributed by atoms with Gasteiger partial charge in [-0.1, -0.05) is 12.1 Å². The molecule has 2 aromatic heterocycles. The first-order valence-electron chi connectivity index (χ1n) is 9.50. The van der Waals surface area contributed by atoms with E-state index in [1.807, 2.05) is 6.07 Å². The van der Waals surface area contributed by atoms with Crippen LogP contribution in [0.5, 0.6) is 5.75 Å². The topological polar surface area (TPSA) is 72.8 Å². The number of nitrogens with one attached hydrogen (secondary N) is 1. The van der Waals surface area contributed by atoms with Crippen molar-refractivity contribution in [2.45, 2.75) is 19.1 Å². The van der Waals surface area contributed by atoms with E-state index in [-0.39, 0.29) is 5.82 Å². The highest BCUT2D eigenvalue weighted by Crippen LogP contribution is 2.35. The number of alkyl halides is 3. The fourth-order valence-electron chi connectivity index (χ4n) is 3.21. The zero-order valence-electron chi connectivity index (χ0n) is 17.0. The summed E-state index contributed by atoms with van der Waals surface area (Å²) in [6.07, 6.45) is -0.991. The molecule has 2 aromatic carbocycles. The molecule has 32 heavy (non-hydrogen) atoms. The van der Waals surface area contributed by atoms with Gasteiger partial charge in [-0.15, -0.1) is 0 Å². The molecule has 4 rings (SSSR count). The largest absolute Gasteiger partial charge is 0.494 e. The number of aromatic nitrogens is 4. The first kappa shape index (κ1) is 21.4. The molecule has 0 spiro atoms. The molecule has 2 heterocycles. The summed E-state index contributed by atoms with van der Waals surface area (Å²) < 4.78 is 57.0. The molecule has 6 nitrogen and oxygen atoms in total. The van der Waals surface area contributed by atoms with Gasteiger partial charge in [0.15, 0.2) is 0 Å². The van der Waals surface area contributed by atoms with E-state index in [1.165, 1.54) is 25.6 Å². The van der Waals surface area contributed by atoms with Crippen LogP contribution in [0.25, 0.3) is 22.0 Å². The number of nitrogens with zero attached hydrogens (tertiary/aromatic N) is 4. The lowest BCUT2D eigenvalue weighted by molar-refractivity contribution is -0.145. The molecule has 164 valence electrons. The molecule has 1 unspecified atom stereocenters. The highest BCUT2D eigenvalue weighted by atomic mass is 19.4. The second-order valence-electron chi connectivity index (χ2n) is 7.01. The highest BCUT2D eigenvalue weighted by molar-refractivity contribution is 5.96. The van der Waals surface area contributed by atoms with Gasteiger partial charge in [-0.2, -0.15) is 13.2 Å². The SMILES string of the molecule is COc1cc(-c2ccc(F)cc2)cc2c(NC(C)c3cnc(C(F)(F)F)nc3)ncnc12. The van der Waals surface area contributed by atoms with Crippen LogP contribution in [0.3, 0.4) is 0 Å². The maximum absolute atomic E-state index is 13.3. The van der Waals surface area contributed by atoms with Crippen LogP contribution in [-0.2, 0) is 6.18 Å². The minimum atomic E-state index is -4.61. The van der Waals surface area contributed by atoms with Crippen LogP contribution >= 0.6 is 0 Å². The minimum absolute atomic E-state index is 0.347. The quantitative estimate of drug-likeness (QED) is 0.415. The Morgan fingerprint density at radius 3 is 2.25 bits per heavy atom. The van der Waals surface area contributed by atoms with Gasteiger partial charge in [0.2, 0.25) is 5.82 Å². The Labute approximate surface area is 180 Å². The fraction of sp³-hybridized carbons (Fsp3) is 0.182. The number of hydrogen-bond donors (Lipinski definition) is 1. The van der Waals surface area contributed by atoms with Crippen molar-refractivity contribution in [1.29, 1.82) is 0 Å². The zero-order valence-corrected chi connectivity index (χ0v) is 17.0. The fourth-order valence-corrected chi connectivity index (χ4v) is 3.21. The lowest BCUT2D eigenvalue weighted by Crippen LogP contribution is -2.14. The summed E-state index contributed by atoms with van der Waals surface area (Å²) in [5, 5.41) is 3.80.